The Balaban J connectivity index is 1.68. The average Bonchev–Trinajstić information content (AvgIpc) is 3.41. The van der Waals surface area contributed by atoms with Gasteiger partial charge in [-0.3, -0.25) is 4.79 Å². The second-order valence-corrected chi connectivity index (χ2v) is 18.0. The number of ether oxygens (including phenoxy) is 1. The number of benzene rings is 2. The summed E-state index contributed by atoms with van der Waals surface area (Å²) in [6.45, 7) is 13.4. The number of pyridine rings is 1. The molecule has 2 atom stereocenters. The number of carbonyl (C=O) groups excluding carboxylic acids is 1. The Morgan fingerprint density at radius 1 is 1.07 bits per heavy atom. The van der Waals surface area contributed by atoms with E-state index >= 15 is 4.39 Å². The molecule has 1 fully saturated rings. The van der Waals surface area contributed by atoms with Crippen LogP contribution in [0.1, 0.15) is 60.7 Å². The third-order valence-electron chi connectivity index (χ3n) is 7.77. The van der Waals surface area contributed by atoms with E-state index in [1.165, 1.54) is 17.5 Å². The SMILES string of the molecule is Cc1ncc(C(=O)c2nc(CO[Si](c3ccccc3)(c3ccccc3)C(C)(C)C)c(N3C[C@@H](C)O[C@@H](C)C3)c(Cl)c2F)s1. The summed E-state index contributed by atoms with van der Waals surface area (Å²) in [4.78, 5) is 24.7. The van der Waals surface area contributed by atoms with Crippen LogP contribution in [0.2, 0.25) is 10.1 Å². The molecule has 0 radical (unpaired) electrons. The van der Waals surface area contributed by atoms with Gasteiger partial charge in [0, 0.05) is 19.3 Å². The third kappa shape index (κ3) is 6.19. The van der Waals surface area contributed by atoms with Gasteiger partial charge >= 0.3 is 0 Å². The van der Waals surface area contributed by atoms with Gasteiger partial charge in [-0.1, -0.05) is 93.0 Å². The van der Waals surface area contributed by atoms with Gasteiger partial charge in [-0.25, -0.2) is 14.4 Å². The zero-order valence-electron chi connectivity index (χ0n) is 25.4. The Hall–Kier alpha value is -2.95. The molecule has 0 spiro atoms. The number of halogens is 2. The van der Waals surface area contributed by atoms with Gasteiger partial charge in [0.15, 0.2) is 5.82 Å². The van der Waals surface area contributed by atoms with E-state index in [2.05, 4.69) is 50.0 Å². The summed E-state index contributed by atoms with van der Waals surface area (Å²) in [5.41, 5.74) is 0.536. The molecule has 5 rings (SSSR count). The van der Waals surface area contributed by atoms with Crippen LogP contribution >= 0.6 is 22.9 Å². The van der Waals surface area contributed by atoms with E-state index in [0.717, 1.165) is 10.4 Å². The summed E-state index contributed by atoms with van der Waals surface area (Å²) in [5, 5.41) is 2.49. The summed E-state index contributed by atoms with van der Waals surface area (Å²) in [6, 6.07) is 20.5. The smallest absolute Gasteiger partial charge is 0.261 e. The predicted molar refractivity (Wildman–Crippen MR) is 174 cm³/mol. The van der Waals surface area contributed by atoms with Gasteiger partial charge < -0.3 is 14.1 Å². The molecule has 3 heterocycles. The molecule has 1 aliphatic rings. The first-order valence-electron chi connectivity index (χ1n) is 14.4. The van der Waals surface area contributed by atoms with Crippen molar-refractivity contribution in [3.8, 4) is 0 Å². The minimum Gasteiger partial charge on any atom is -0.401 e. The van der Waals surface area contributed by atoms with Crippen LogP contribution in [-0.4, -0.2) is 49.4 Å². The van der Waals surface area contributed by atoms with Crippen LogP contribution in [-0.2, 0) is 15.8 Å². The fourth-order valence-corrected chi connectivity index (χ4v) is 11.6. The normalized spacial score (nSPS) is 17.7. The number of thiazole rings is 1. The summed E-state index contributed by atoms with van der Waals surface area (Å²) >= 11 is 8.03. The molecule has 4 aromatic rings. The van der Waals surface area contributed by atoms with Crippen molar-refractivity contribution in [2.75, 3.05) is 18.0 Å². The van der Waals surface area contributed by atoms with Crippen LogP contribution in [0.4, 0.5) is 10.1 Å². The largest absolute Gasteiger partial charge is 0.401 e. The maximum absolute atomic E-state index is 16.0. The van der Waals surface area contributed by atoms with Gasteiger partial charge in [0.25, 0.3) is 8.32 Å². The summed E-state index contributed by atoms with van der Waals surface area (Å²) in [7, 11) is -2.98. The number of aryl methyl sites for hydroxylation is 1. The molecule has 1 aliphatic heterocycles. The summed E-state index contributed by atoms with van der Waals surface area (Å²) in [5.74, 6) is -1.39. The zero-order chi connectivity index (χ0) is 30.9. The van der Waals surface area contributed by atoms with Crippen molar-refractivity contribution < 1.29 is 18.3 Å². The van der Waals surface area contributed by atoms with E-state index in [-0.39, 0.29) is 34.6 Å². The number of morpholine rings is 1. The lowest BCUT2D eigenvalue weighted by Crippen LogP contribution is -2.66. The highest BCUT2D eigenvalue weighted by atomic mass is 35.5. The third-order valence-corrected chi connectivity index (χ3v) is 14.0. The van der Waals surface area contributed by atoms with Crippen molar-refractivity contribution in [1.29, 1.82) is 0 Å². The number of nitrogens with zero attached hydrogens (tertiary/aromatic N) is 3. The summed E-state index contributed by atoms with van der Waals surface area (Å²) in [6.07, 6.45) is 1.25. The quantitative estimate of drug-likeness (QED) is 0.161. The number of carbonyl (C=O) groups is 1. The van der Waals surface area contributed by atoms with Gasteiger partial charge in [-0.2, -0.15) is 0 Å². The molecule has 0 saturated carbocycles. The number of ketones is 1. The van der Waals surface area contributed by atoms with Crippen molar-refractivity contribution in [2.45, 2.75) is 65.4 Å². The van der Waals surface area contributed by atoms with E-state index in [9.17, 15) is 4.79 Å². The van der Waals surface area contributed by atoms with Gasteiger partial charge in [0.2, 0.25) is 5.78 Å². The lowest BCUT2D eigenvalue weighted by molar-refractivity contribution is -0.00535. The zero-order valence-corrected chi connectivity index (χ0v) is 27.9. The second-order valence-electron chi connectivity index (χ2n) is 12.1. The molecule has 2 aromatic heterocycles. The van der Waals surface area contributed by atoms with Gasteiger partial charge in [-0.15, -0.1) is 11.3 Å². The highest BCUT2D eigenvalue weighted by Crippen LogP contribution is 2.40. The number of anilines is 1. The van der Waals surface area contributed by atoms with Crippen LogP contribution < -0.4 is 15.3 Å². The number of hydrogen-bond donors (Lipinski definition) is 0. The monoisotopic (exact) mass is 637 g/mol. The summed E-state index contributed by atoms with van der Waals surface area (Å²) < 4.78 is 29.2. The fraction of sp³-hybridized carbons (Fsp3) is 0.364. The second kappa shape index (κ2) is 12.6. The van der Waals surface area contributed by atoms with Crippen LogP contribution in [0, 0.1) is 12.7 Å². The first-order valence-corrected chi connectivity index (χ1v) is 17.5. The van der Waals surface area contributed by atoms with Crippen molar-refractivity contribution in [2.24, 2.45) is 0 Å². The molecule has 6 nitrogen and oxygen atoms in total. The van der Waals surface area contributed by atoms with Gasteiger partial charge in [0.05, 0.1) is 40.1 Å². The minimum atomic E-state index is -2.98. The van der Waals surface area contributed by atoms with Gasteiger partial charge in [-0.05, 0) is 36.2 Å². The van der Waals surface area contributed by atoms with Crippen LogP contribution in [0.25, 0.3) is 0 Å². The molecule has 0 aliphatic carbocycles. The number of hydrogen-bond acceptors (Lipinski definition) is 7. The van der Waals surface area contributed by atoms with Crippen LogP contribution in [0.5, 0.6) is 0 Å². The lowest BCUT2D eigenvalue weighted by atomic mass is 10.1. The first kappa shape index (κ1) is 31.5. The topological polar surface area (TPSA) is 64.5 Å². The molecule has 43 heavy (non-hydrogen) atoms. The molecule has 2 aromatic carbocycles. The Labute approximate surface area is 263 Å². The van der Waals surface area contributed by atoms with Crippen LogP contribution in [0.15, 0.2) is 66.9 Å². The lowest BCUT2D eigenvalue weighted by Gasteiger charge is -2.43. The van der Waals surface area contributed by atoms with Crippen molar-refractivity contribution in [3.63, 3.8) is 0 Å². The van der Waals surface area contributed by atoms with Crippen molar-refractivity contribution in [3.05, 3.63) is 99.0 Å². The Morgan fingerprint density at radius 2 is 1.63 bits per heavy atom. The van der Waals surface area contributed by atoms with Crippen molar-refractivity contribution >= 4 is 53.1 Å². The molecule has 0 unspecified atom stereocenters. The number of aromatic nitrogens is 2. The average molecular weight is 638 g/mol. The highest BCUT2D eigenvalue weighted by molar-refractivity contribution is 7.13. The molecule has 0 bridgehead atoms. The van der Waals surface area contributed by atoms with Crippen molar-refractivity contribution in [1.82, 2.24) is 9.97 Å². The molecule has 226 valence electrons. The molecule has 1 saturated heterocycles. The Kier molecular flexibility index (Phi) is 9.20. The molecule has 0 N–H and O–H groups in total. The highest BCUT2D eigenvalue weighted by Gasteiger charge is 2.50. The number of rotatable bonds is 8. The van der Waals surface area contributed by atoms with E-state index in [1.54, 1.807) is 6.92 Å². The molecular weight excluding hydrogens is 601 g/mol. The maximum atomic E-state index is 16.0. The van der Waals surface area contributed by atoms with Gasteiger partial charge in [0.1, 0.15) is 10.7 Å². The minimum absolute atomic E-state index is 0.0325. The maximum Gasteiger partial charge on any atom is 0.261 e. The standard InChI is InChI=1S/C33H37ClFN3O3SSi/c1-21-18-38(19-22(2)41-21)31-26(37-30(29(35)28(31)34)32(39)27-17-36-23(3)42-27)20-40-43(33(4,5)6,24-13-9-7-10-14-24)25-15-11-8-12-16-25/h7-17,21-22H,18-20H2,1-6H3/t21-,22+. The van der Waals surface area contributed by atoms with E-state index in [1.807, 2.05) is 55.1 Å². The predicted octanol–water partition coefficient (Wildman–Crippen LogP) is 6.56. The molecular formula is C33H37ClFN3O3SSi. The Bertz CT molecular complexity index is 1550. The first-order chi connectivity index (χ1) is 20.4. The fourth-order valence-electron chi connectivity index (χ4n) is 6.03. The van der Waals surface area contributed by atoms with E-state index in [0.29, 0.717) is 34.4 Å². The van der Waals surface area contributed by atoms with E-state index < -0.39 is 19.9 Å². The molecule has 10 heteroatoms. The van der Waals surface area contributed by atoms with Crippen LogP contribution in [0.3, 0.4) is 0 Å². The molecule has 0 amide bonds. The van der Waals surface area contributed by atoms with E-state index in [4.69, 9.17) is 25.7 Å². The Morgan fingerprint density at radius 3 is 2.12 bits per heavy atom.